The zero-order chi connectivity index (χ0) is 37.6. The lowest BCUT2D eigenvalue weighted by Crippen LogP contribution is -1.96. The minimum atomic E-state index is 0.711. The predicted molar refractivity (Wildman–Crippen MR) is 219 cm³/mol. The fourth-order valence-corrected chi connectivity index (χ4v) is 5.33. The van der Waals surface area contributed by atoms with Crippen molar-refractivity contribution in [2.45, 2.75) is 137 Å². The Kier molecular flexibility index (Phi) is 22.5. The normalized spacial score (nSPS) is 10.3. The Balaban J connectivity index is 0.000000286. The second-order valence-electron chi connectivity index (χ2n) is 13.5. The van der Waals surface area contributed by atoms with E-state index in [1.165, 1.54) is 70.6 Å². The molecule has 0 bridgehead atoms. The van der Waals surface area contributed by atoms with Crippen LogP contribution in [-0.2, 0) is 12.8 Å². The second-order valence-corrected chi connectivity index (χ2v) is 13.5. The van der Waals surface area contributed by atoms with Crippen LogP contribution in [-0.4, -0.2) is 33.6 Å². The molecule has 4 aromatic rings. The van der Waals surface area contributed by atoms with E-state index in [0.29, 0.717) is 11.4 Å². The van der Waals surface area contributed by atoms with Gasteiger partial charge in [0.25, 0.3) is 0 Å². The number of benzene rings is 2. The van der Waals surface area contributed by atoms with Crippen LogP contribution in [0.4, 0.5) is 0 Å². The fraction of sp³-hybridized carbons (Fsp3) is 0.489. The van der Waals surface area contributed by atoms with E-state index in [0.717, 1.165) is 85.8 Å². The quantitative estimate of drug-likeness (QED) is 0.0632. The maximum Gasteiger partial charge on any atom is 0.136 e. The third-order valence-corrected chi connectivity index (χ3v) is 8.67. The molecule has 0 aliphatic rings. The van der Waals surface area contributed by atoms with Gasteiger partial charge in [0.2, 0.25) is 0 Å². The smallest absolute Gasteiger partial charge is 0.136 e. The fourth-order valence-electron chi connectivity index (χ4n) is 5.33. The van der Waals surface area contributed by atoms with E-state index < -0.39 is 0 Å². The van der Waals surface area contributed by atoms with Crippen LogP contribution >= 0.6 is 0 Å². The summed E-state index contributed by atoms with van der Waals surface area (Å²) >= 11 is 0. The molecule has 282 valence electrons. The number of ether oxygens (including phenoxy) is 2. The Morgan fingerprint density at radius 1 is 0.377 bits per heavy atom. The molecule has 6 nitrogen and oxygen atoms in total. The maximum absolute atomic E-state index is 5.67. The van der Waals surface area contributed by atoms with Crippen LogP contribution in [0.1, 0.15) is 158 Å². The van der Waals surface area contributed by atoms with Gasteiger partial charge in [-0.2, -0.15) is 10.2 Å². The van der Waals surface area contributed by atoms with E-state index in [-0.39, 0.29) is 0 Å². The topological polar surface area (TPSA) is 70.0 Å². The highest BCUT2D eigenvalue weighted by atomic mass is 16.5. The molecule has 0 N–H and O–H groups in total. The third kappa shape index (κ3) is 19.7. The monoisotopic (exact) mass is 714 g/mol. The summed E-state index contributed by atoms with van der Waals surface area (Å²) in [4.78, 5) is 0. The lowest BCUT2D eigenvalue weighted by atomic mass is 10.1. The second kappa shape index (κ2) is 27.9. The first kappa shape index (κ1) is 42.7. The highest BCUT2D eigenvalue weighted by molar-refractivity contribution is 5.43. The van der Waals surface area contributed by atoms with Gasteiger partial charge in [-0.15, -0.1) is 10.2 Å². The third-order valence-electron chi connectivity index (χ3n) is 8.67. The Morgan fingerprint density at radius 3 is 1.11 bits per heavy atom. The van der Waals surface area contributed by atoms with Crippen molar-refractivity contribution in [1.29, 1.82) is 0 Å². The molecule has 0 spiro atoms. The van der Waals surface area contributed by atoms with Gasteiger partial charge in [-0.05, 0) is 123 Å². The molecule has 0 aliphatic heterocycles. The van der Waals surface area contributed by atoms with Gasteiger partial charge < -0.3 is 9.47 Å². The minimum absolute atomic E-state index is 0.711. The van der Waals surface area contributed by atoms with Gasteiger partial charge in [-0.1, -0.05) is 110 Å². The molecule has 2 heterocycles. The summed E-state index contributed by atoms with van der Waals surface area (Å²) in [5.41, 5.74) is 5.45. The molecule has 0 atom stereocenters. The zero-order valence-electron chi connectivity index (χ0n) is 33.0. The van der Waals surface area contributed by atoms with Crippen molar-refractivity contribution in [2.75, 3.05) is 13.2 Å². The van der Waals surface area contributed by atoms with E-state index in [1.807, 2.05) is 72.8 Å². The van der Waals surface area contributed by atoms with Gasteiger partial charge >= 0.3 is 0 Å². The minimum Gasteiger partial charge on any atom is -0.494 e. The zero-order valence-corrected chi connectivity index (χ0v) is 33.0. The molecular weight excluding hydrogens is 653 g/mol. The molecule has 53 heavy (non-hydrogen) atoms. The van der Waals surface area contributed by atoms with Crippen LogP contribution in [0.15, 0.2) is 72.8 Å². The Labute approximate surface area is 321 Å². The maximum atomic E-state index is 5.67. The van der Waals surface area contributed by atoms with Crippen molar-refractivity contribution in [3.63, 3.8) is 0 Å². The summed E-state index contributed by atoms with van der Waals surface area (Å²) < 4.78 is 11.3. The first-order valence-corrected chi connectivity index (χ1v) is 20.3. The molecule has 0 saturated heterocycles. The van der Waals surface area contributed by atoms with Crippen molar-refractivity contribution in [3.05, 3.63) is 107 Å². The van der Waals surface area contributed by atoms with Crippen LogP contribution < -0.4 is 9.47 Å². The van der Waals surface area contributed by atoms with Crippen molar-refractivity contribution in [1.82, 2.24) is 20.4 Å². The standard InChI is InChI=1S/C24H32N2O.C23H30N2O/c1-3-5-7-8-9-10-11-22-16-17-23(26-25-22)15-12-21-13-18-24(19-14-21)27-20-6-4-2;1-3-5-7-8-9-10-21-15-16-22(25-24-21)14-11-20-12-17-23(18-13-20)26-19-6-4-2/h13-14,16-19H,3-11,20H2,1-2H3;12-13,15-18H,3-10,19H2,1-2H3. The van der Waals surface area contributed by atoms with E-state index in [2.05, 4.69) is 71.8 Å². The number of nitrogens with zero attached hydrogens (tertiary/aromatic N) is 4. The first-order valence-electron chi connectivity index (χ1n) is 20.3. The number of unbranched alkanes of at least 4 members (excludes halogenated alkanes) is 11. The van der Waals surface area contributed by atoms with Crippen molar-refractivity contribution >= 4 is 0 Å². The molecule has 0 unspecified atom stereocenters. The lowest BCUT2D eigenvalue weighted by molar-refractivity contribution is 0.309. The molecule has 0 saturated carbocycles. The predicted octanol–water partition coefficient (Wildman–Crippen LogP) is 11.5. The van der Waals surface area contributed by atoms with Gasteiger partial charge in [0, 0.05) is 11.1 Å². The summed E-state index contributed by atoms with van der Waals surface area (Å²) in [7, 11) is 0. The Morgan fingerprint density at radius 2 is 0.755 bits per heavy atom. The van der Waals surface area contributed by atoms with Crippen LogP contribution in [0.2, 0.25) is 0 Å². The van der Waals surface area contributed by atoms with E-state index >= 15 is 0 Å². The van der Waals surface area contributed by atoms with Gasteiger partial charge in [0.05, 0.1) is 24.6 Å². The molecule has 2 aromatic heterocycles. The van der Waals surface area contributed by atoms with Gasteiger partial charge in [-0.25, -0.2) is 0 Å². The summed E-state index contributed by atoms with van der Waals surface area (Å²) in [6, 6.07) is 23.8. The number of hydrogen-bond donors (Lipinski definition) is 0. The van der Waals surface area contributed by atoms with Crippen molar-refractivity contribution < 1.29 is 9.47 Å². The number of rotatable bonds is 21. The van der Waals surface area contributed by atoms with Gasteiger partial charge in [-0.3, -0.25) is 0 Å². The van der Waals surface area contributed by atoms with E-state index in [4.69, 9.17) is 9.47 Å². The molecular formula is C47H62N4O2. The van der Waals surface area contributed by atoms with Gasteiger partial charge in [0.1, 0.15) is 22.9 Å². The highest BCUT2D eigenvalue weighted by Crippen LogP contribution is 2.14. The number of hydrogen-bond acceptors (Lipinski definition) is 6. The molecule has 4 rings (SSSR count). The lowest BCUT2D eigenvalue weighted by Gasteiger charge is -2.04. The summed E-state index contributed by atoms with van der Waals surface area (Å²) in [6.45, 7) is 10.3. The average molecular weight is 715 g/mol. The summed E-state index contributed by atoms with van der Waals surface area (Å²) in [5, 5.41) is 17.1. The SMILES string of the molecule is CCCCCCCCc1ccc(C#Cc2ccc(OCCCC)cc2)nn1.CCCCCCCc1ccc(C#Cc2ccc(OCCCC)cc2)nn1. The highest BCUT2D eigenvalue weighted by Gasteiger charge is 2.00. The summed E-state index contributed by atoms with van der Waals surface area (Å²) in [5.74, 6) is 14.2. The molecule has 0 fully saturated rings. The molecule has 6 heteroatoms. The molecule has 0 aliphatic carbocycles. The Hall–Kier alpha value is -4.68. The first-order chi connectivity index (χ1) is 26.1. The van der Waals surface area contributed by atoms with E-state index in [1.54, 1.807) is 0 Å². The molecule has 0 radical (unpaired) electrons. The van der Waals surface area contributed by atoms with Crippen molar-refractivity contribution in [3.8, 4) is 35.2 Å². The van der Waals surface area contributed by atoms with Crippen LogP contribution in [0.5, 0.6) is 11.5 Å². The molecule has 2 aromatic carbocycles. The number of aromatic nitrogens is 4. The molecule has 0 amide bonds. The van der Waals surface area contributed by atoms with Crippen LogP contribution in [0.25, 0.3) is 0 Å². The summed E-state index contributed by atoms with van der Waals surface area (Å²) in [6.07, 6.45) is 20.6. The Bertz CT molecular complexity index is 1630. The van der Waals surface area contributed by atoms with E-state index in [9.17, 15) is 0 Å². The van der Waals surface area contributed by atoms with Crippen molar-refractivity contribution in [2.24, 2.45) is 0 Å². The average Bonchev–Trinajstić information content (AvgIpc) is 3.20. The van der Waals surface area contributed by atoms with Crippen LogP contribution in [0, 0.1) is 23.7 Å². The largest absolute Gasteiger partial charge is 0.494 e. The number of aryl methyl sites for hydroxylation is 2. The van der Waals surface area contributed by atoms with Gasteiger partial charge in [0.15, 0.2) is 0 Å². The van der Waals surface area contributed by atoms with Crippen LogP contribution in [0.3, 0.4) is 0 Å².